The highest BCUT2D eigenvalue weighted by Crippen LogP contribution is 2.18. The fourth-order valence-corrected chi connectivity index (χ4v) is 4.76. The molecule has 0 aliphatic carbocycles. The molecule has 188 valence electrons. The molecule has 0 radical (unpaired) electrons. The Morgan fingerprint density at radius 1 is 1.23 bits per heavy atom. The SMILES string of the molecule is C=C(/C=C\C(=C/C)COC)[C@@H](NC(=O)c1cc(O)no1)C(=O)Nc1cc(F)c([Si](C)(C)C)c(F)c1. The zero-order chi connectivity index (χ0) is 26.3. The van der Waals surface area contributed by atoms with Gasteiger partial charge in [0.15, 0.2) is 0 Å². The van der Waals surface area contributed by atoms with Crippen molar-refractivity contribution in [2.24, 2.45) is 0 Å². The number of nitrogens with one attached hydrogen (secondary N) is 2. The van der Waals surface area contributed by atoms with Crippen LogP contribution in [0.15, 0.2) is 58.7 Å². The van der Waals surface area contributed by atoms with Crippen molar-refractivity contribution in [1.82, 2.24) is 10.5 Å². The largest absolute Gasteiger partial charge is 0.491 e. The Balaban J connectivity index is 2.34. The van der Waals surface area contributed by atoms with Crippen LogP contribution in [-0.4, -0.2) is 49.9 Å². The molecule has 2 amide bonds. The molecule has 0 unspecified atom stereocenters. The second-order valence-electron chi connectivity index (χ2n) is 8.71. The van der Waals surface area contributed by atoms with Gasteiger partial charge in [-0.3, -0.25) is 9.59 Å². The summed E-state index contributed by atoms with van der Waals surface area (Å²) in [6.07, 6.45) is 4.96. The molecule has 0 saturated carbocycles. The van der Waals surface area contributed by atoms with E-state index in [4.69, 9.17) is 9.26 Å². The van der Waals surface area contributed by atoms with Gasteiger partial charge < -0.3 is 25.0 Å². The first-order valence-corrected chi connectivity index (χ1v) is 14.1. The number of carbonyl (C=O) groups excluding carboxylic acids is 2. The van der Waals surface area contributed by atoms with Crippen molar-refractivity contribution in [2.75, 3.05) is 19.0 Å². The smallest absolute Gasteiger partial charge is 0.290 e. The number of hydrogen-bond acceptors (Lipinski definition) is 6. The van der Waals surface area contributed by atoms with Crippen LogP contribution in [0.4, 0.5) is 14.5 Å². The third-order valence-corrected chi connectivity index (χ3v) is 6.86. The normalized spacial score (nSPS) is 13.1. The average molecular weight is 506 g/mol. The van der Waals surface area contributed by atoms with Crippen molar-refractivity contribution in [3.8, 4) is 5.88 Å². The summed E-state index contributed by atoms with van der Waals surface area (Å²) in [7, 11) is -0.781. The monoisotopic (exact) mass is 505 g/mol. The zero-order valence-electron chi connectivity index (χ0n) is 20.2. The second kappa shape index (κ2) is 11.7. The Labute approximate surface area is 203 Å². The van der Waals surface area contributed by atoms with Crippen molar-refractivity contribution in [3.05, 3.63) is 71.5 Å². The summed E-state index contributed by atoms with van der Waals surface area (Å²) in [5.74, 6) is -4.03. The second-order valence-corrected chi connectivity index (χ2v) is 13.7. The van der Waals surface area contributed by atoms with Crippen LogP contribution in [-0.2, 0) is 9.53 Å². The zero-order valence-corrected chi connectivity index (χ0v) is 21.2. The Morgan fingerprint density at radius 3 is 2.34 bits per heavy atom. The fraction of sp³-hybridized carbons (Fsp3) is 0.292. The lowest BCUT2D eigenvalue weighted by Crippen LogP contribution is -2.45. The number of anilines is 1. The molecule has 8 nitrogen and oxygen atoms in total. The van der Waals surface area contributed by atoms with Gasteiger partial charge in [0.1, 0.15) is 17.7 Å². The molecule has 3 N–H and O–H groups in total. The van der Waals surface area contributed by atoms with E-state index in [1.54, 1.807) is 38.7 Å². The van der Waals surface area contributed by atoms with Crippen molar-refractivity contribution >= 4 is 30.8 Å². The first-order chi connectivity index (χ1) is 16.4. The molecule has 0 spiro atoms. The van der Waals surface area contributed by atoms with Crippen LogP contribution >= 0.6 is 0 Å². The summed E-state index contributed by atoms with van der Waals surface area (Å²) in [5.41, 5.74) is 0.828. The van der Waals surface area contributed by atoms with Crippen molar-refractivity contribution in [3.63, 3.8) is 0 Å². The number of ether oxygens (including phenoxy) is 1. The number of allylic oxidation sites excluding steroid dienone is 1. The molecule has 35 heavy (non-hydrogen) atoms. The molecule has 0 aliphatic heterocycles. The van der Waals surface area contributed by atoms with Gasteiger partial charge in [-0.2, -0.15) is 0 Å². The van der Waals surface area contributed by atoms with Gasteiger partial charge >= 0.3 is 0 Å². The Hall–Kier alpha value is -3.57. The number of halogens is 2. The minimum absolute atomic E-state index is 0.0230. The van der Waals surface area contributed by atoms with Crippen LogP contribution in [0.3, 0.4) is 0 Å². The van der Waals surface area contributed by atoms with Crippen molar-refractivity contribution in [1.29, 1.82) is 0 Å². The molecule has 1 aromatic heterocycles. The summed E-state index contributed by atoms with van der Waals surface area (Å²) < 4.78 is 39.1. The molecule has 11 heteroatoms. The van der Waals surface area contributed by atoms with E-state index < -0.39 is 43.4 Å². The topological polar surface area (TPSA) is 114 Å². The predicted octanol–water partition coefficient (Wildman–Crippen LogP) is 3.65. The molecule has 0 saturated heterocycles. The van der Waals surface area contributed by atoms with E-state index in [0.717, 1.165) is 23.8 Å². The lowest BCUT2D eigenvalue weighted by Gasteiger charge is -2.21. The molecule has 1 heterocycles. The highest BCUT2D eigenvalue weighted by molar-refractivity contribution is 6.88. The van der Waals surface area contributed by atoms with Gasteiger partial charge in [0.25, 0.3) is 17.7 Å². The van der Waals surface area contributed by atoms with Gasteiger partial charge in [0.05, 0.1) is 20.7 Å². The van der Waals surface area contributed by atoms with Crippen LogP contribution < -0.4 is 15.8 Å². The van der Waals surface area contributed by atoms with Gasteiger partial charge in [-0.15, -0.1) is 0 Å². The van der Waals surface area contributed by atoms with E-state index >= 15 is 0 Å². The maximum absolute atomic E-state index is 14.7. The molecular formula is C24H29F2N3O5Si. The van der Waals surface area contributed by atoms with E-state index in [-0.39, 0.29) is 22.2 Å². The van der Waals surface area contributed by atoms with Gasteiger partial charge in [-0.25, -0.2) is 8.78 Å². The number of carbonyl (C=O) groups is 2. The van der Waals surface area contributed by atoms with Crippen LogP contribution in [0.2, 0.25) is 19.6 Å². The Kier molecular flexibility index (Phi) is 9.26. The predicted molar refractivity (Wildman–Crippen MR) is 131 cm³/mol. The summed E-state index contributed by atoms with van der Waals surface area (Å²) in [5, 5.41) is 17.4. The highest BCUT2D eigenvalue weighted by Gasteiger charge is 2.28. The summed E-state index contributed by atoms with van der Waals surface area (Å²) >= 11 is 0. The van der Waals surface area contributed by atoms with E-state index in [1.165, 1.54) is 13.2 Å². The summed E-state index contributed by atoms with van der Waals surface area (Å²) in [6, 6.07) is 1.70. The number of nitrogens with zero attached hydrogens (tertiary/aromatic N) is 1. The minimum Gasteiger partial charge on any atom is -0.491 e. The van der Waals surface area contributed by atoms with Crippen molar-refractivity contribution in [2.45, 2.75) is 32.6 Å². The molecule has 2 aromatic rings. The summed E-state index contributed by atoms with van der Waals surface area (Å²) in [4.78, 5) is 25.6. The van der Waals surface area contributed by atoms with E-state index in [2.05, 4.69) is 22.4 Å². The molecule has 0 bridgehead atoms. The third kappa shape index (κ3) is 7.46. The minimum atomic E-state index is -2.31. The number of rotatable bonds is 10. The van der Waals surface area contributed by atoms with E-state index in [9.17, 15) is 23.5 Å². The lowest BCUT2D eigenvalue weighted by molar-refractivity contribution is -0.117. The Bertz CT molecular complexity index is 1150. The molecular weight excluding hydrogens is 476 g/mol. The molecule has 0 fully saturated rings. The standard InChI is InChI=1S/C24H29F2N3O5Si/c1-7-15(13-33-3)9-8-14(2)21(28-23(31)19-12-20(30)29-34-19)24(32)27-16-10-17(25)22(18(26)11-16)35(4,5)6/h7-12,21H,2,13H2,1,3-6H3,(H,27,32)(H,28,31)(H,29,30)/b9-8-,15-7+/t21-/m1/s1. The molecule has 0 aliphatic rings. The maximum Gasteiger partial charge on any atom is 0.290 e. The maximum atomic E-state index is 14.7. The molecule has 2 rings (SSSR count). The van der Waals surface area contributed by atoms with Gasteiger partial charge in [0, 0.05) is 18.0 Å². The third-order valence-electron chi connectivity index (χ3n) is 4.88. The van der Waals surface area contributed by atoms with Gasteiger partial charge in [-0.1, -0.05) is 44.4 Å². The first kappa shape index (κ1) is 27.7. The lowest BCUT2D eigenvalue weighted by atomic mass is 10.1. The van der Waals surface area contributed by atoms with Crippen LogP contribution in [0, 0.1) is 11.6 Å². The number of amides is 2. The van der Waals surface area contributed by atoms with E-state index in [0.29, 0.717) is 6.61 Å². The van der Waals surface area contributed by atoms with Crippen LogP contribution in [0.25, 0.3) is 0 Å². The van der Waals surface area contributed by atoms with Gasteiger partial charge in [0.2, 0.25) is 5.76 Å². The summed E-state index contributed by atoms with van der Waals surface area (Å²) in [6.45, 7) is 11.4. The highest BCUT2D eigenvalue weighted by atomic mass is 28.3. The number of hydrogen-bond donors (Lipinski definition) is 3. The van der Waals surface area contributed by atoms with E-state index in [1.807, 2.05) is 0 Å². The average Bonchev–Trinajstić information content (AvgIpc) is 3.19. The number of aromatic hydroxyl groups is 1. The van der Waals surface area contributed by atoms with Crippen LogP contribution in [0.5, 0.6) is 5.88 Å². The number of aromatic nitrogens is 1. The van der Waals surface area contributed by atoms with Crippen molar-refractivity contribution < 1.29 is 32.7 Å². The van der Waals surface area contributed by atoms with Crippen LogP contribution in [0.1, 0.15) is 17.5 Å². The number of methoxy groups -OCH3 is 1. The molecule has 1 aromatic carbocycles. The van der Waals surface area contributed by atoms with Gasteiger partial charge in [-0.05, 0) is 35.4 Å². The molecule has 1 atom stereocenters. The first-order valence-electron chi connectivity index (χ1n) is 10.6. The number of benzene rings is 1. The fourth-order valence-electron chi connectivity index (χ4n) is 3.18. The quantitative estimate of drug-likeness (QED) is 0.336. The Morgan fingerprint density at radius 2 is 1.86 bits per heavy atom.